The van der Waals surface area contributed by atoms with Crippen LogP contribution < -0.4 is 16.0 Å². The van der Waals surface area contributed by atoms with Crippen molar-refractivity contribution in [2.45, 2.75) is 40.0 Å². The number of aromatic amines is 1. The fourth-order valence-electron chi connectivity index (χ4n) is 3.16. The molecule has 0 radical (unpaired) electrons. The maximum absolute atomic E-state index is 12.6. The third-order valence-corrected chi connectivity index (χ3v) is 4.87. The zero-order valence-corrected chi connectivity index (χ0v) is 17.4. The first-order valence-electron chi connectivity index (χ1n) is 10.0. The quantitative estimate of drug-likeness (QED) is 0.824. The van der Waals surface area contributed by atoms with Crippen LogP contribution in [0.5, 0.6) is 0 Å². The Balaban J connectivity index is 1.66. The van der Waals surface area contributed by atoms with Crippen molar-refractivity contribution < 1.29 is 14.5 Å². The molecule has 3 rings (SSSR count). The molecule has 5 heteroatoms. The summed E-state index contributed by atoms with van der Waals surface area (Å²) in [6, 6.07) is 11.8. The van der Waals surface area contributed by atoms with Crippen molar-refractivity contribution in [2.75, 3.05) is 12.3 Å². The van der Waals surface area contributed by atoms with Crippen molar-refractivity contribution in [3.05, 3.63) is 71.8 Å². The van der Waals surface area contributed by atoms with Gasteiger partial charge < -0.3 is 4.74 Å². The third-order valence-electron chi connectivity index (χ3n) is 4.87. The lowest BCUT2D eigenvalue weighted by atomic mass is 9.85. The van der Waals surface area contributed by atoms with E-state index in [1.807, 2.05) is 48.7 Å². The van der Waals surface area contributed by atoms with Gasteiger partial charge in [-0.1, -0.05) is 51.1 Å². The topological polar surface area (TPSA) is 78.5 Å². The summed E-state index contributed by atoms with van der Waals surface area (Å²) in [4.78, 5) is 15.6. The van der Waals surface area contributed by atoms with Gasteiger partial charge in [0, 0.05) is 17.7 Å². The zero-order valence-electron chi connectivity index (χ0n) is 17.4. The third kappa shape index (κ3) is 5.95. The standard InChI is InChI=1S/C24H29N3O2/c1-24(2,3)20-6-4-5-13-29-23(15-20)27-22(28)14-17-7-9-18(10-8-17)19-11-12-21(25)26-16-19/h6-12,15-16H,4-5,13-14H2,1-3H3,(H2,25,26)(H,27,28)/p+1. The molecule has 1 amide bonds. The maximum atomic E-state index is 12.6. The number of carbonyl (C=O) groups excluding carboxylic acids is 1. The van der Waals surface area contributed by atoms with Crippen LogP contribution in [0.25, 0.3) is 11.1 Å². The molecule has 0 fully saturated rings. The van der Waals surface area contributed by atoms with Crippen molar-refractivity contribution in [1.29, 1.82) is 0 Å². The lowest BCUT2D eigenvalue weighted by Gasteiger charge is -2.23. The molecule has 152 valence electrons. The predicted molar refractivity (Wildman–Crippen MR) is 115 cm³/mol. The largest absolute Gasteiger partial charge is 0.479 e. The van der Waals surface area contributed by atoms with Crippen LogP contribution in [0.15, 0.2) is 66.2 Å². The number of H-pyrrole nitrogens is 1. The number of allylic oxidation sites excluding steroid dienone is 3. The number of anilines is 1. The molecule has 2 heterocycles. The molecule has 0 saturated heterocycles. The van der Waals surface area contributed by atoms with Crippen molar-refractivity contribution in [3.63, 3.8) is 0 Å². The van der Waals surface area contributed by atoms with Gasteiger partial charge in [-0.3, -0.25) is 15.8 Å². The van der Waals surface area contributed by atoms with E-state index >= 15 is 0 Å². The molecule has 0 bridgehead atoms. The summed E-state index contributed by atoms with van der Waals surface area (Å²) in [5.74, 6) is 1.07. The molecule has 0 atom stereocenters. The molecule has 1 aliphatic heterocycles. The molecule has 0 spiro atoms. The Morgan fingerprint density at radius 2 is 1.86 bits per heavy atom. The zero-order chi connectivity index (χ0) is 20.9. The summed E-state index contributed by atoms with van der Waals surface area (Å²) in [5, 5.41) is 2.93. The molecule has 1 aliphatic rings. The average Bonchev–Trinajstić information content (AvgIpc) is 2.64. The lowest BCUT2D eigenvalue weighted by molar-refractivity contribution is -0.359. The minimum Gasteiger partial charge on any atom is -0.479 e. The van der Waals surface area contributed by atoms with Crippen LogP contribution in [0.3, 0.4) is 0 Å². The molecule has 5 nitrogen and oxygen atoms in total. The monoisotopic (exact) mass is 392 g/mol. The number of nitrogens with two attached hydrogens (primary N) is 1. The van der Waals surface area contributed by atoms with Crippen LogP contribution >= 0.6 is 0 Å². The van der Waals surface area contributed by atoms with Gasteiger partial charge in [0.1, 0.15) is 0 Å². The van der Waals surface area contributed by atoms with E-state index in [1.54, 1.807) is 0 Å². The number of pyridine rings is 1. The van der Waals surface area contributed by atoms with Crippen LogP contribution in [0, 0.1) is 5.41 Å². The van der Waals surface area contributed by atoms with Crippen LogP contribution in [-0.2, 0) is 16.0 Å². The van der Waals surface area contributed by atoms with E-state index in [2.05, 4.69) is 37.1 Å². The molecule has 2 aromatic rings. The Hall–Kier alpha value is -3.08. The second-order valence-corrected chi connectivity index (χ2v) is 8.36. The van der Waals surface area contributed by atoms with Gasteiger partial charge in [0.05, 0.1) is 19.2 Å². The van der Waals surface area contributed by atoms with Crippen LogP contribution in [0.1, 0.15) is 39.2 Å². The summed E-state index contributed by atoms with van der Waals surface area (Å²) in [6.45, 7) is 7.09. The Morgan fingerprint density at radius 3 is 2.52 bits per heavy atom. The number of amides is 1. The van der Waals surface area contributed by atoms with E-state index in [0.29, 0.717) is 24.7 Å². The highest BCUT2D eigenvalue weighted by atomic mass is 16.5. The van der Waals surface area contributed by atoms with Crippen LogP contribution in [0.4, 0.5) is 5.82 Å². The van der Waals surface area contributed by atoms with E-state index in [1.165, 1.54) is 5.57 Å². The summed E-state index contributed by atoms with van der Waals surface area (Å²) in [7, 11) is 0. The molecular weight excluding hydrogens is 362 g/mol. The fourth-order valence-corrected chi connectivity index (χ4v) is 3.16. The first kappa shape index (κ1) is 20.6. The van der Waals surface area contributed by atoms with Crippen molar-refractivity contribution >= 4 is 11.7 Å². The van der Waals surface area contributed by atoms with E-state index in [4.69, 9.17) is 10.5 Å². The van der Waals surface area contributed by atoms with Crippen LogP contribution in [-0.4, -0.2) is 12.5 Å². The highest BCUT2D eigenvalue weighted by Crippen LogP contribution is 2.28. The number of hydrogen-bond acceptors (Lipinski definition) is 3. The van der Waals surface area contributed by atoms with Gasteiger partial charge in [-0.25, -0.2) is 4.98 Å². The van der Waals surface area contributed by atoms with Gasteiger partial charge in [-0.05, 0) is 41.0 Å². The molecule has 1 aromatic carbocycles. The number of hydrogen-bond donors (Lipinski definition) is 2. The molecular formula is C24H30N3O2+. The lowest BCUT2D eigenvalue weighted by Crippen LogP contribution is -2.27. The smallest absolute Gasteiger partial charge is 0.270 e. The number of nitrogen functional groups attached to an aromatic ring is 1. The van der Waals surface area contributed by atoms with Gasteiger partial charge in [0.25, 0.3) is 5.82 Å². The predicted octanol–water partition coefficient (Wildman–Crippen LogP) is 4.03. The molecule has 0 unspecified atom stereocenters. The minimum absolute atomic E-state index is 0.00599. The summed E-state index contributed by atoms with van der Waals surface area (Å²) < 4.78 is 5.78. The normalized spacial score (nSPS) is 14.7. The van der Waals surface area contributed by atoms with Crippen molar-refractivity contribution in [1.82, 2.24) is 5.32 Å². The minimum atomic E-state index is -0.0846. The van der Waals surface area contributed by atoms with Gasteiger partial charge in [-0.15, -0.1) is 0 Å². The SMILES string of the molecule is CC(C)(C)C1=CCCCOC(NC(=O)Cc2ccc(-c3ccc(N)[nH+]c3)cc2)=C1. The van der Waals surface area contributed by atoms with Gasteiger partial charge in [0.15, 0.2) is 5.88 Å². The summed E-state index contributed by atoms with van der Waals surface area (Å²) >= 11 is 0. The van der Waals surface area contributed by atoms with E-state index in [0.717, 1.165) is 29.5 Å². The van der Waals surface area contributed by atoms with Crippen molar-refractivity contribution in [2.24, 2.45) is 5.41 Å². The summed E-state index contributed by atoms with van der Waals surface area (Å²) in [5.41, 5.74) is 9.94. The van der Waals surface area contributed by atoms with Gasteiger partial charge >= 0.3 is 0 Å². The number of benzene rings is 1. The summed E-state index contributed by atoms with van der Waals surface area (Å²) in [6.07, 6.45) is 8.29. The first-order valence-corrected chi connectivity index (χ1v) is 10.0. The van der Waals surface area contributed by atoms with Gasteiger partial charge in [0.2, 0.25) is 5.91 Å². The molecule has 29 heavy (non-hydrogen) atoms. The number of carbonyl (C=O) groups is 1. The molecule has 4 N–H and O–H groups in total. The van der Waals surface area contributed by atoms with Crippen molar-refractivity contribution in [3.8, 4) is 11.1 Å². The number of rotatable bonds is 4. The maximum Gasteiger partial charge on any atom is 0.270 e. The van der Waals surface area contributed by atoms with Gasteiger partial charge in [-0.2, -0.15) is 0 Å². The second kappa shape index (κ2) is 8.95. The first-order chi connectivity index (χ1) is 13.8. The Morgan fingerprint density at radius 1 is 1.14 bits per heavy atom. The van der Waals surface area contributed by atoms with E-state index in [9.17, 15) is 4.79 Å². The highest BCUT2D eigenvalue weighted by molar-refractivity contribution is 5.80. The number of ether oxygens (including phenoxy) is 1. The fraction of sp³-hybridized carbons (Fsp3) is 0.333. The van der Waals surface area contributed by atoms with Crippen LogP contribution in [0.2, 0.25) is 0 Å². The van der Waals surface area contributed by atoms with E-state index < -0.39 is 0 Å². The Kier molecular flexibility index (Phi) is 6.37. The van der Waals surface area contributed by atoms with E-state index in [-0.39, 0.29) is 11.3 Å². The number of aromatic nitrogens is 1. The molecule has 0 aliphatic carbocycles. The number of nitrogens with one attached hydrogen (secondary N) is 2. The highest BCUT2D eigenvalue weighted by Gasteiger charge is 2.18. The molecule has 1 aromatic heterocycles. The Labute approximate surface area is 172 Å². The second-order valence-electron chi connectivity index (χ2n) is 8.36. The average molecular weight is 393 g/mol. The molecule has 0 saturated carbocycles. The Bertz CT molecular complexity index is 905.